The van der Waals surface area contributed by atoms with Crippen molar-refractivity contribution in [3.05, 3.63) is 28.3 Å². The predicted molar refractivity (Wildman–Crippen MR) is 80.4 cm³/mol. The molecule has 3 nitrogen and oxygen atoms in total. The molecule has 0 saturated carbocycles. The zero-order chi connectivity index (χ0) is 14.3. The molecule has 2 aliphatic heterocycles. The van der Waals surface area contributed by atoms with Crippen molar-refractivity contribution in [2.24, 2.45) is 5.92 Å². The molecule has 3 rings (SSSR count). The molecule has 2 aliphatic rings. The number of likely N-dealkylation sites (tertiary alicyclic amines) is 1. The highest BCUT2D eigenvalue weighted by Gasteiger charge is 2.35. The molecule has 0 spiro atoms. The Labute approximate surface area is 125 Å². The van der Waals surface area contributed by atoms with Gasteiger partial charge in [-0.2, -0.15) is 0 Å². The second-order valence-electron chi connectivity index (χ2n) is 6.18. The molecule has 2 heterocycles. The summed E-state index contributed by atoms with van der Waals surface area (Å²) in [6.07, 6.45) is 1.89. The molecule has 0 bridgehead atoms. The molecule has 1 fully saturated rings. The number of nitrogens with zero attached hydrogens (tertiary/aromatic N) is 1. The molecule has 0 aliphatic carbocycles. The van der Waals surface area contributed by atoms with Crippen LogP contribution in [0.4, 0.5) is 0 Å². The van der Waals surface area contributed by atoms with Crippen LogP contribution >= 0.6 is 11.6 Å². The van der Waals surface area contributed by atoms with Gasteiger partial charge in [0, 0.05) is 10.6 Å². The topological polar surface area (TPSA) is 32.7 Å². The number of hydrogen-bond donors (Lipinski definition) is 1. The summed E-state index contributed by atoms with van der Waals surface area (Å²) in [4.78, 5) is 2.36. The number of hydrogen-bond acceptors (Lipinski definition) is 3. The number of fused-ring (bicyclic) bond motifs is 1. The summed E-state index contributed by atoms with van der Waals surface area (Å²) >= 11 is 6.12. The minimum absolute atomic E-state index is 0.0490. The summed E-state index contributed by atoms with van der Waals surface area (Å²) in [5.41, 5.74) is 1.84. The van der Waals surface area contributed by atoms with E-state index >= 15 is 0 Å². The van der Waals surface area contributed by atoms with E-state index in [0.717, 1.165) is 35.9 Å². The van der Waals surface area contributed by atoms with Crippen molar-refractivity contribution in [1.82, 2.24) is 4.90 Å². The highest BCUT2D eigenvalue weighted by molar-refractivity contribution is 6.30. The summed E-state index contributed by atoms with van der Waals surface area (Å²) in [5, 5.41) is 11.4. The number of aliphatic hydroxyl groups is 1. The van der Waals surface area contributed by atoms with Crippen molar-refractivity contribution in [1.29, 1.82) is 0 Å². The first-order valence-corrected chi connectivity index (χ1v) is 7.79. The predicted octanol–water partition coefficient (Wildman–Crippen LogP) is 3.17. The van der Waals surface area contributed by atoms with Gasteiger partial charge in [-0.3, -0.25) is 4.90 Å². The van der Waals surface area contributed by atoms with Gasteiger partial charge in [-0.15, -0.1) is 0 Å². The van der Waals surface area contributed by atoms with Crippen molar-refractivity contribution in [2.75, 3.05) is 19.7 Å². The van der Waals surface area contributed by atoms with Crippen molar-refractivity contribution in [2.45, 2.75) is 38.8 Å². The number of aliphatic hydroxyl groups excluding tert-OH is 1. The maximum atomic E-state index is 10.7. The van der Waals surface area contributed by atoms with Crippen LogP contribution in [0, 0.1) is 12.8 Å². The first-order chi connectivity index (χ1) is 9.56. The van der Waals surface area contributed by atoms with Crippen molar-refractivity contribution in [3.63, 3.8) is 0 Å². The second-order valence-corrected chi connectivity index (χ2v) is 6.62. The van der Waals surface area contributed by atoms with Crippen molar-refractivity contribution < 1.29 is 9.84 Å². The van der Waals surface area contributed by atoms with Gasteiger partial charge in [-0.05, 0) is 56.5 Å². The van der Waals surface area contributed by atoms with Crippen LogP contribution in [0.3, 0.4) is 0 Å². The lowest BCUT2D eigenvalue weighted by Gasteiger charge is -2.41. The molecular weight excluding hydrogens is 274 g/mol. The summed E-state index contributed by atoms with van der Waals surface area (Å²) in [6, 6.07) is 3.77. The monoisotopic (exact) mass is 295 g/mol. The second kappa shape index (κ2) is 5.55. The van der Waals surface area contributed by atoms with Crippen LogP contribution in [0.2, 0.25) is 5.02 Å². The average molecular weight is 296 g/mol. The highest BCUT2D eigenvalue weighted by Crippen LogP contribution is 2.39. The maximum Gasteiger partial charge on any atom is 0.128 e. The molecule has 2 unspecified atom stereocenters. The first-order valence-electron chi connectivity index (χ1n) is 7.41. The minimum atomic E-state index is -0.510. The lowest BCUT2D eigenvalue weighted by Crippen LogP contribution is -2.49. The quantitative estimate of drug-likeness (QED) is 0.864. The fourth-order valence-electron chi connectivity index (χ4n) is 3.31. The van der Waals surface area contributed by atoms with Crippen LogP contribution in [0.5, 0.6) is 5.75 Å². The summed E-state index contributed by atoms with van der Waals surface area (Å²) in [7, 11) is 0. The zero-order valence-corrected chi connectivity index (χ0v) is 12.9. The van der Waals surface area contributed by atoms with Crippen LogP contribution in [-0.2, 0) is 0 Å². The van der Waals surface area contributed by atoms with Gasteiger partial charge in [0.15, 0.2) is 0 Å². The van der Waals surface area contributed by atoms with Gasteiger partial charge in [-0.1, -0.05) is 18.5 Å². The number of aryl methyl sites for hydroxylation is 1. The van der Waals surface area contributed by atoms with E-state index in [4.69, 9.17) is 16.3 Å². The molecule has 1 aromatic carbocycles. The molecule has 2 atom stereocenters. The Bertz CT molecular complexity index is 497. The standard InChI is InChI=1S/C16H22ClNO2/c1-10-3-5-18(6-4-10)14-9-20-16-11(2)7-12(17)8-13(16)15(14)19/h7-8,10,14-15,19H,3-6,9H2,1-2H3. The lowest BCUT2D eigenvalue weighted by molar-refractivity contribution is -0.00997. The molecule has 1 saturated heterocycles. The Hall–Kier alpha value is -0.770. The van der Waals surface area contributed by atoms with Gasteiger partial charge in [0.2, 0.25) is 0 Å². The third kappa shape index (κ3) is 2.54. The van der Waals surface area contributed by atoms with E-state index in [9.17, 15) is 5.11 Å². The summed E-state index contributed by atoms with van der Waals surface area (Å²) < 4.78 is 5.91. The highest BCUT2D eigenvalue weighted by atomic mass is 35.5. The largest absolute Gasteiger partial charge is 0.491 e. The van der Waals surface area contributed by atoms with E-state index in [1.165, 1.54) is 12.8 Å². The molecule has 0 aromatic heterocycles. The molecular formula is C16H22ClNO2. The Morgan fingerprint density at radius 3 is 2.70 bits per heavy atom. The van der Waals surface area contributed by atoms with Gasteiger partial charge in [0.1, 0.15) is 18.5 Å². The molecule has 110 valence electrons. The summed E-state index contributed by atoms with van der Waals surface area (Å²) in [5.74, 6) is 1.60. The van der Waals surface area contributed by atoms with Gasteiger partial charge in [-0.25, -0.2) is 0 Å². The Kier molecular flexibility index (Phi) is 3.93. The van der Waals surface area contributed by atoms with E-state index in [1.807, 2.05) is 19.1 Å². The van der Waals surface area contributed by atoms with Gasteiger partial charge < -0.3 is 9.84 Å². The van der Waals surface area contributed by atoms with Gasteiger partial charge >= 0.3 is 0 Å². The van der Waals surface area contributed by atoms with E-state index < -0.39 is 6.10 Å². The number of rotatable bonds is 1. The van der Waals surface area contributed by atoms with E-state index in [0.29, 0.717) is 11.6 Å². The molecule has 0 radical (unpaired) electrons. The molecule has 1 aromatic rings. The summed E-state index contributed by atoms with van der Waals surface area (Å²) in [6.45, 7) is 6.91. The van der Waals surface area contributed by atoms with Crippen molar-refractivity contribution >= 4 is 11.6 Å². The average Bonchev–Trinajstić information content (AvgIpc) is 2.41. The van der Waals surface area contributed by atoms with Crippen LogP contribution in [0.15, 0.2) is 12.1 Å². The smallest absolute Gasteiger partial charge is 0.128 e. The van der Waals surface area contributed by atoms with Crippen LogP contribution in [0.1, 0.15) is 37.0 Å². The van der Waals surface area contributed by atoms with E-state index in [1.54, 1.807) is 0 Å². The van der Waals surface area contributed by atoms with E-state index in [2.05, 4.69) is 11.8 Å². The Morgan fingerprint density at radius 1 is 1.30 bits per heavy atom. The molecule has 0 amide bonds. The zero-order valence-electron chi connectivity index (χ0n) is 12.1. The van der Waals surface area contributed by atoms with Crippen LogP contribution in [0.25, 0.3) is 0 Å². The normalized spacial score (nSPS) is 28.0. The molecule has 1 N–H and O–H groups in total. The third-order valence-electron chi connectivity index (χ3n) is 4.64. The Balaban J connectivity index is 1.83. The number of benzene rings is 1. The van der Waals surface area contributed by atoms with Gasteiger partial charge in [0.25, 0.3) is 0 Å². The number of ether oxygens (including phenoxy) is 1. The third-order valence-corrected chi connectivity index (χ3v) is 4.86. The molecule has 4 heteroatoms. The molecule has 20 heavy (non-hydrogen) atoms. The fraction of sp³-hybridized carbons (Fsp3) is 0.625. The number of piperidine rings is 1. The maximum absolute atomic E-state index is 10.7. The van der Waals surface area contributed by atoms with E-state index in [-0.39, 0.29) is 6.04 Å². The Morgan fingerprint density at radius 2 is 2.00 bits per heavy atom. The lowest BCUT2D eigenvalue weighted by atomic mass is 9.92. The van der Waals surface area contributed by atoms with Crippen molar-refractivity contribution in [3.8, 4) is 5.75 Å². The van der Waals surface area contributed by atoms with Gasteiger partial charge in [0.05, 0.1) is 6.04 Å². The first kappa shape index (κ1) is 14.2. The number of halogens is 1. The fourth-order valence-corrected chi connectivity index (χ4v) is 3.59. The minimum Gasteiger partial charge on any atom is -0.491 e. The van der Waals surface area contributed by atoms with Crippen LogP contribution < -0.4 is 4.74 Å². The SMILES string of the molecule is Cc1cc(Cl)cc2c1OCC(N1CCC(C)CC1)C2O. The van der Waals surface area contributed by atoms with Crippen LogP contribution in [-0.4, -0.2) is 35.7 Å².